The van der Waals surface area contributed by atoms with Crippen LogP contribution >= 0.6 is 11.9 Å². The molecule has 216 valence electrons. The van der Waals surface area contributed by atoms with Crippen molar-refractivity contribution >= 4 is 44.5 Å². The summed E-state index contributed by atoms with van der Waals surface area (Å²) in [7, 11) is -0.193. The Hall–Kier alpha value is -3.41. The summed E-state index contributed by atoms with van der Waals surface area (Å²) >= 11 is 1.50. The molecule has 1 aromatic heterocycles. The number of fused-ring (bicyclic) bond motifs is 1. The molecule has 41 heavy (non-hydrogen) atoms. The summed E-state index contributed by atoms with van der Waals surface area (Å²) < 4.78 is 63.5. The van der Waals surface area contributed by atoms with Crippen molar-refractivity contribution in [2.75, 3.05) is 37.7 Å². The molecular weight excluding hydrogens is 568 g/mol. The van der Waals surface area contributed by atoms with Crippen LogP contribution in [0.1, 0.15) is 40.2 Å². The number of anilines is 1. The summed E-state index contributed by atoms with van der Waals surface area (Å²) in [5.74, 6) is -1.16. The van der Waals surface area contributed by atoms with Crippen LogP contribution in [-0.4, -0.2) is 52.1 Å². The van der Waals surface area contributed by atoms with Gasteiger partial charge in [0.25, 0.3) is 5.91 Å². The molecule has 2 heterocycles. The normalized spacial score (nSPS) is 16.2. The number of hydrogen-bond donors (Lipinski definition) is 1. The van der Waals surface area contributed by atoms with Crippen molar-refractivity contribution in [2.45, 2.75) is 24.5 Å². The Morgan fingerprint density at radius 1 is 1.10 bits per heavy atom. The van der Waals surface area contributed by atoms with E-state index < -0.39 is 21.7 Å². The van der Waals surface area contributed by atoms with Gasteiger partial charge in [-0.15, -0.1) is 0 Å². The molecular formula is C30H31F2N3O4S2. The monoisotopic (exact) mass is 599 g/mol. The van der Waals surface area contributed by atoms with E-state index in [-0.39, 0.29) is 24.1 Å². The molecule has 0 radical (unpaired) electrons. The topological polar surface area (TPSA) is 82.9 Å². The molecule has 5 rings (SSSR count). The van der Waals surface area contributed by atoms with Crippen molar-refractivity contribution in [3.05, 3.63) is 89.0 Å². The Balaban J connectivity index is 1.57. The average molecular weight is 600 g/mol. The fourth-order valence-electron chi connectivity index (χ4n) is 5.33. The highest BCUT2D eigenvalue weighted by Gasteiger charge is 2.33. The van der Waals surface area contributed by atoms with Crippen LogP contribution in [0, 0.1) is 11.6 Å². The first-order chi connectivity index (χ1) is 19.6. The standard InChI is InChI=1S/C30H31F2N3O4S2/c1-33-30(36)28-25-15-24(21-5-4-14-35(17-21)41(37,38)18-19-6-10-22(31)11-7-19)26(34(2)40-3)16-27(25)39-29(28)20-8-12-23(32)13-9-20/h6-13,15-16,21H,4-5,14,17-18H2,1-3H3,(H,33,36)/t21-/m0/s1. The molecule has 1 aliphatic rings. The van der Waals surface area contributed by atoms with E-state index in [9.17, 15) is 22.0 Å². The molecule has 1 N–H and O–H groups in total. The average Bonchev–Trinajstić information content (AvgIpc) is 3.35. The zero-order valence-corrected chi connectivity index (χ0v) is 24.6. The number of hydrogen-bond acceptors (Lipinski definition) is 6. The minimum Gasteiger partial charge on any atom is -0.455 e. The maximum Gasteiger partial charge on any atom is 0.255 e. The van der Waals surface area contributed by atoms with E-state index in [1.165, 1.54) is 59.7 Å². The van der Waals surface area contributed by atoms with Gasteiger partial charge in [-0.1, -0.05) is 24.1 Å². The number of piperidine rings is 1. The number of carbonyl (C=O) groups is 1. The zero-order chi connectivity index (χ0) is 29.3. The summed E-state index contributed by atoms with van der Waals surface area (Å²) in [5.41, 5.74) is 3.70. The number of sulfonamides is 1. The lowest BCUT2D eigenvalue weighted by molar-refractivity contribution is 0.0964. The van der Waals surface area contributed by atoms with Gasteiger partial charge in [-0.05, 0) is 72.4 Å². The van der Waals surface area contributed by atoms with Crippen molar-refractivity contribution in [2.24, 2.45) is 0 Å². The van der Waals surface area contributed by atoms with Crippen molar-refractivity contribution in [3.63, 3.8) is 0 Å². The SMILES string of the molecule is CNC(=O)c1c(-c2ccc(F)cc2)oc2cc(N(C)SC)c([C@H]3CCCN(S(=O)(=O)Cc4ccc(F)cc4)C3)cc12. The summed E-state index contributed by atoms with van der Waals surface area (Å²) in [4.78, 5) is 13.1. The lowest BCUT2D eigenvalue weighted by Crippen LogP contribution is -2.40. The molecule has 0 saturated carbocycles. The molecule has 0 spiro atoms. The van der Waals surface area contributed by atoms with E-state index in [1.807, 2.05) is 29.7 Å². The number of rotatable bonds is 8. The van der Waals surface area contributed by atoms with E-state index in [1.54, 1.807) is 12.1 Å². The summed E-state index contributed by atoms with van der Waals surface area (Å²) in [5, 5.41) is 3.28. The summed E-state index contributed by atoms with van der Waals surface area (Å²) in [6.07, 6.45) is 3.37. The highest BCUT2D eigenvalue weighted by molar-refractivity contribution is 7.99. The first-order valence-corrected chi connectivity index (χ1v) is 16.0. The van der Waals surface area contributed by atoms with Crippen molar-refractivity contribution in [1.82, 2.24) is 9.62 Å². The molecule has 3 aromatic carbocycles. The second kappa shape index (κ2) is 11.8. The Kier molecular flexibility index (Phi) is 8.40. The Morgan fingerprint density at radius 2 is 1.76 bits per heavy atom. The van der Waals surface area contributed by atoms with Gasteiger partial charge in [-0.2, -0.15) is 0 Å². The van der Waals surface area contributed by atoms with E-state index >= 15 is 0 Å². The number of halogens is 2. The maximum atomic E-state index is 13.6. The van der Waals surface area contributed by atoms with Crippen LogP contribution in [-0.2, 0) is 15.8 Å². The van der Waals surface area contributed by atoms with Gasteiger partial charge in [0, 0.05) is 50.5 Å². The van der Waals surface area contributed by atoms with Gasteiger partial charge >= 0.3 is 0 Å². The number of amides is 1. The Labute approximate surface area is 242 Å². The van der Waals surface area contributed by atoms with Crippen LogP contribution in [0.2, 0.25) is 0 Å². The second-order valence-corrected chi connectivity index (χ2v) is 12.9. The largest absolute Gasteiger partial charge is 0.455 e. The Bertz CT molecular complexity index is 1670. The number of nitrogens with one attached hydrogen (secondary N) is 1. The minimum atomic E-state index is -3.65. The third-order valence-electron chi connectivity index (χ3n) is 7.49. The molecule has 1 amide bonds. The molecule has 1 saturated heterocycles. The molecule has 1 atom stereocenters. The van der Waals surface area contributed by atoms with Crippen LogP contribution in [0.5, 0.6) is 0 Å². The van der Waals surface area contributed by atoms with Crippen LogP contribution in [0.25, 0.3) is 22.3 Å². The molecule has 7 nitrogen and oxygen atoms in total. The van der Waals surface area contributed by atoms with E-state index in [4.69, 9.17) is 4.42 Å². The molecule has 4 aromatic rings. The van der Waals surface area contributed by atoms with Gasteiger partial charge in [-0.3, -0.25) is 4.79 Å². The predicted octanol–water partition coefficient (Wildman–Crippen LogP) is 6.16. The van der Waals surface area contributed by atoms with Gasteiger partial charge in [0.1, 0.15) is 23.0 Å². The first kappa shape index (κ1) is 29.1. The van der Waals surface area contributed by atoms with Crippen molar-refractivity contribution in [1.29, 1.82) is 0 Å². The van der Waals surface area contributed by atoms with E-state index in [0.717, 1.165) is 17.7 Å². The summed E-state index contributed by atoms with van der Waals surface area (Å²) in [6.45, 7) is 0.683. The number of carbonyl (C=O) groups excluding carboxylic acids is 1. The van der Waals surface area contributed by atoms with Crippen LogP contribution in [0.3, 0.4) is 0 Å². The van der Waals surface area contributed by atoms with Crippen molar-refractivity contribution < 1.29 is 26.4 Å². The predicted molar refractivity (Wildman–Crippen MR) is 159 cm³/mol. The molecule has 0 unspecified atom stereocenters. The minimum absolute atomic E-state index is 0.137. The molecule has 1 aliphatic heterocycles. The lowest BCUT2D eigenvalue weighted by Gasteiger charge is -2.34. The van der Waals surface area contributed by atoms with Crippen LogP contribution in [0.4, 0.5) is 14.5 Å². The first-order valence-electron chi connectivity index (χ1n) is 13.2. The zero-order valence-electron chi connectivity index (χ0n) is 23.0. The second-order valence-electron chi connectivity index (χ2n) is 10.1. The molecule has 1 fully saturated rings. The van der Waals surface area contributed by atoms with Crippen LogP contribution in [0.15, 0.2) is 65.1 Å². The van der Waals surface area contributed by atoms with Crippen LogP contribution < -0.4 is 9.62 Å². The highest BCUT2D eigenvalue weighted by atomic mass is 32.2. The third kappa shape index (κ3) is 5.98. The molecule has 11 heteroatoms. The number of furan rings is 1. The number of nitrogens with zero attached hydrogens (tertiary/aromatic N) is 2. The maximum absolute atomic E-state index is 13.6. The van der Waals surface area contributed by atoms with Gasteiger partial charge in [0.15, 0.2) is 0 Å². The number of benzene rings is 3. The molecule has 0 bridgehead atoms. The van der Waals surface area contributed by atoms with Gasteiger partial charge in [0.05, 0.1) is 17.0 Å². The fraction of sp³-hybridized carbons (Fsp3) is 0.300. The van der Waals surface area contributed by atoms with Crippen molar-refractivity contribution in [3.8, 4) is 11.3 Å². The van der Waals surface area contributed by atoms with Gasteiger partial charge in [-0.25, -0.2) is 21.5 Å². The summed E-state index contributed by atoms with van der Waals surface area (Å²) in [6, 6.07) is 15.1. The Morgan fingerprint density at radius 3 is 2.39 bits per heavy atom. The smallest absolute Gasteiger partial charge is 0.255 e. The van der Waals surface area contributed by atoms with E-state index in [2.05, 4.69) is 5.32 Å². The van der Waals surface area contributed by atoms with Gasteiger partial charge in [0.2, 0.25) is 10.0 Å². The van der Waals surface area contributed by atoms with E-state index in [0.29, 0.717) is 46.4 Å². The fourth-order valence-corrected chi connectivity index (χ4v) is 7.30. The third-order valence-corrected chi connectivity index (χ3v) is 10.1. The van der Waals surface area contributed by atoms with Gasteiger partial charge < -0.3 is 14.0 Å². The quantitative estimate of drug-likeness (QED) is 0.244. The highest BCUT2D eigenvalue weighted by Crippen LogP contribution is 2.42. The lowest BCUT2D eigenvalue weighted by atomic mass is 9.89. The molecule has 0 aliphatic carbocycles.